The van der Waals surface area contributed by atoms with Gasteiger partial charge >= 0.3 is 0 Å². The first-order valence-electron chi connectivity index (χ1n) is 11.4. The van der Waals surface area contributed by atoms with Crippen LogP contribution in [-0.4, -0.2) is 14.1 Å². The molecule has 1 nitrogen and oxygen atoms in total. The van der Waals surface area contributed by atoms with Crippen molar-refractivity contribution in [2.45, 2.75) is 76.0 Å². The predicted octanol–water partition coefficient (Wildman–Crippen LogP) is 7.02. The average molecular weight is 394 g/mol. The molecule has 4 rings (SSSR count). The predicted molar refractivity (Wildman–Crippen MR) is 127 cm³/mol. The summed E-state index contributed by atoms with van der Waals surface area (Å²) in [6.45, 7) is 0. The molecular formula is C26H36NP. The minimum absolute atomic E-state index is 0.736. The molecule has 0 amide bonds. The SMILES string of the molecule is CN(C)c1c(-c2ccccc2P)ccc(C2CCCCC2)c1C1CCCCC1. The summed E-state index contributed by atoms with van der Waals surface area (Å²) in [4.78, 5) is 2.41. The lowest BCUT2D eigenvalue weighted by molar-refractivity contribution is 0.419. The van der Waals surface area contributed by atoms with Crippen LogP contribution in [0.2, 0.25) is 0 Å². The molecule has 0 radical (unpaired) electrons. The summed E-state index contributed by atoms with van der Waals surface area (Å²) in [5.74, 6) is 1.50. The molecule has 1 atom stereocenters. The van der Waals surface area contributed by atoms with Gasteiger partial charge in [-0.15, -0.1) is 9.24 Å². The quantitative estimate of drug-likeness (QED) is 0.505. The van der Waals surface area contributed by atoms with Gasteiger partial charge in [0, 0.05) is 25.3 Å². The highest BCUT2D eigenvalue weighted by atomic mass is 31.0. The Morgan fingerprint density at radius 1 is 0.714 bits per heavy atom. The molecule has 0 heterocycles. The fraction of sp³-hybridized carbons (Fsp3) is 0.538. The van der Waals surface area contributed by atoms with Crippen LogP contribution < -0.4 is 10.2 Å². The third-order valence-electron chi connectivity index (χ3n) is 7.01. The van der Waals surface area contributed by atoms with Gasteiger partial charge in [-0.25, -0.2) is 0 Å². The van der Waals surface area contributed by atoms with Crippen LogP contribution in [0.1, 0.15) is 87.2 Å². The number of anilines is 1. The van der Waals surface area contributed by atoms with Crippen LogP contribution in [0.4, 0.5) is 5.69 Å². The van der Waals surface area contributed by atoms with E-state index < -0.39 is 0 Å². The largest absolute Gasteiger partial charge is 0.377 e. The van der Waals surface area contributed by atoms with Crippen molar-refractivity contribution in [2.24, 2.45) is 0 Å². The molecule has 2 aliphatic rings. The molecule has 2 aromatic rings. The van der Waals surface area contributed by atoms with Crippen molar-refractivity contribution in [1.29, 1.82) is 0 Å². The standard InChI is InChI=1S/C26H36NP/c1-27(2)26-23(22-15-9-10-16-24(22)28)18-17-21(19-11-5-3-6-12-19)25(26)20-13-7-4-8-14-20/h9-10,15-20H,3-8,11-14,28H2,1-2H3. The first-order valence-corrected chi connectivity index (χ1v) is 11.9. The minimum Gasteiger partial charge on any atom is -0.377 e. The molecule has 150 valence electrons. The Morgan fingerprint density at radius 2 is 1.32 bits per heavy atom. The maximum Gasteiger partial charge on any atom is 0.0479 e. The van der Waals surface area contributed by atoms with E-state index in [0.717, 1.165) is 11.8 Å². The van der Waals surface area contributed by atoms with Gasteiger partial charge in [0.05, 0.1) is 0 Å². The highest BCUT2D eigenvalue weighted by Gasteiger charge is 2.29. The topological polar surface area (TPSA) is 3.24 Å². The Kier molecular flexibility index (Phi) is 6.42. The second kappa shape index (κ2) is 9.00. The summed E-state index contributed by atoms with van der Waals surface area (Å²) in [6, 6.07) is 13.8. The van der Waals surface area contributed by atoms with Crippen molar-refractivity contribution in [2.75, 3.05) is 19.0 Å². The van der Waals surface area contributed by atoms with E-state index in [9.17, 15) is 0 Å². The van der Waals surface area contributed by atoms with Crippen LogP contribution in [0.25, 0.3) is 11.1 Å². The first kappa shape index (κ1) is 20.0. The van der Waals surface area contributed by atoms with E-state index in [1.165, 1.54) is 86.3 Å². The lowest BCUT2D eigenvalue weighted by Crippen LogP contribution is -2.20. The number of hydrogen-bond donors (Lipinski definition) is 0. The van der Waals surface area contributed by atoms with E-state index in [0.29, 0.717) is 0 Å². The average Bonchev–Trinajstić information content (AvgIpc) is 2.74. The Bertz CT molecular complexity index is 798. The molecule has 2 aliphatic carbocycles. The molecule has 0 N–H and O–H groups in total. The summed E-state index contributed by atoms with van der Waals surface area (Å²) in [7, 11) is 7.45. The zero-order chi connectivity index (χ0) is 19.5. The van der Waals surface area contributed by atoms with Gasteiger partial charge in [0.1, 0.15) is 0 Å². The molecule has 0 aromatic heterocycles. The van der Waals surface area contributed by atoms with Gasteiger partial charge in [-0.05, 0) is 59.5 Å². The molecular weight excluding hydrogens is 357 g/mol. The zero-order valence-corrected chi connectivity index (χ0v) is 18.9. The first-order chi connectivity index (χ1) is 13.7. The molecule has 0 spiro atoms. The third-order valence-corrected chi connectivity index (χ3v) is 7.51. The van der Waals surface area contributed by atoms with Crippen LogP contribution in [-0.2, 0) is 0 Å². The van der Waals surface area contributed by atoms with E-state index in [-0.39, 0.29) is 0 Å². The molecule has 2 saturated carbocycles. The van der Waals surface area contributed by atoms with Gasteiger partial charge in [0.2, 0.25) is 0 Å². The van der Waals surface area contributed by atoms with E-state index in [1.54, 1.807) is 11.1 Å². The van der Waals surface area contributed by atoms with Gasteiger partial charge < -0.3 is 4.90 Å². The van der Waals surface area contributed by atoms with Crippen molar-refractivity contribution < 1.29 is 0 Å². The molecule has 1 unspecified atom stereocenters. The smallest absolute Gasteiger partial charge is 0.0479 e. The van der Waals surface area contributed by atoms with Crippen LogP contribution in [0, 0.1) is 0 Å². The van der Waals surface area contributed by atoms with Crippen molar-refractivity contribution in [1.82, 2.24) is 0 Å². The summed E-state index contributed by atoms with van der Waals surface area (Å²) < 4.78 is 0. The van der Waals surface area contributed by atoms with Crippen LogP contribution >= 0.6 is 9.24 Å². The van der Waals surface area contributed by atoms with Crippen LogP contribution in [0.15, 0.2) is 36.4 Å². The lowest BCUT2D eigenvalue weighted by Gasteiger charge is -2.34. The van der Waals surface area contributed by atoms with Gasteiger partial charge in [-0.3, -0.25) is 0 Å². The van der Waals surface area contributed by atoms with E-state index in [4.69, 9.17) is 0 Å². The zero-order valence-electron chi connectivity index (χ0n) is 17.7. The number of benzene rings is 2. The normalized spacial score (nSPS) is 19.0. The third kappa shape index (κ3) is 4.02. The monoisotopic (exact) mass is 393 g/mol. The Labute approximate surface area is 174 Å². The lowest BCUT2D eigenvalue weighted by atomic mass is 9.74. The molecule has 0 bridgehead atoms. The fourth-order valence-corrected chi connectivity index (χ4v) is 6.02. The highest BCUT2D eigenvalue weighted by molar-refractivity contribution is 7.28. The maximum absolute atomic E-state index is 2.95. The van der Waals surface area contributed by atoms with Crippen molar-refractivity contribution in [3.05, 3.63) is 47.5 Å². The van der Waals surface area contributed by atoms with Crippen molar-refractivity contribution >= 4 is 20.2 Å². The number of hydrogen-bond acceptors (Lipinski definition) is 1. The molecule has 2 fully saturated rings. The summed E-state index contributed by atoms with van der Waals surface area (Å²) in [5, 5.41) is 1.30. The molecule has 2 heteroatoms. The Morgan fingerprint density at radius 3 is 1.93 bits per heavy atom. The van der Waals surface area contributed by atoms with E-state index >= 15 is 0 Å². The summed E-state index contributed by atoms with van der Waals surface area (Å²) in [6.07, 6.45) is 13.9. The van der Waals surface area contributed by atoms with E-state index in [1.807, 2.05) is 0 Å². The second-order valence-electron chi connectivity index (χ2n) is 9.12. The highest BCUT2D eigenvalue weighted by Crippen LogP contribution is 2.48. The second-order valence-corrected chi connectivity index (χ2v) is 9.74. The fourth-order valence-electron chi connectivity index (χ4n) is 5.65. The molecule has 28 heavy (non-hydrogen) atoms. The molecule has 0 saturated heterocycles. The number of rotatable bonds is 4. The van der Waals surface area contributed by atoms with Crippen molar-refractivity contribution in [3.8, 4) is 11.1 Å². The van der Waals surface area contributed by atoms with Gasteiger partial charge in [-0.2, -0.15) is 0 Å². The minimum atomic E-state index is 0.736. The van der Waals surface area contributed by atoms with Gasteiger partial charge in [0.15, 0.2) is 0 Å². The summed E-state index contributed by atoms with van der Waals surface area (Å²) >= 11 is 0. The maximum atomic E-state index is 2.95. The van der Waals surface area contributed by atoms with Crippen LogP contribution in [0.5, 0.6) is 0 Å². The Balaban J connectivity index is 1.90. The van der Waals surface area contributed by atoms with Gasteiger partial charge in [-0.1, -0.05) is 74.9 Å². The Hall–Kier alpha value is -1.33. The number of nitrogens with zero attached hydrogens (tertiary/aromatic N) is 1. The molecule has 2 aromatic carbocycles. The molecule has 0 aliphatic heterocycles. The van der Waals surface area contributed by atoms with E-state index in [2.05, 4.69) is 64.6 Å². The van der Waals surface area contributed by atoms with Crippen molar-refractivity contribution in [3.63, 3.8) is 0 Å². The van der Waals surface area contributed by atoms with Crippen LogP contribution in [0.3, 0.4) is 0 Å². The summed E-state index contributed by atoms with van der Waals surface area (Å²) in [5.41, 5.74) is 7.65. The van der Waals surface area contributed by atoms with Gasteiger partial charge in [0.25, 0.3) is 0 Å².